The number of carbonyl (C=O) groups is 2. The Labute approximate surface area is 223 Å². The van der Waals surface area contributed by atoms with E-state index in [0.29, 0.717) is 5.56 Å². The first-order chi connectivity index (χ1) is 18.7. The molecule has 0 amide bonds. The molecule has 0 unspecified atom stereocenters. The summed E-state index contributed by atoms with van der Waals surface area (Å²) in [5.74, 6) is -2.82. The molecule has 4 aromatic carbocycles. The Hall–Kier alpha value is -5.24. The van der Waals surface area contributed by atoms with Crippen molar-refractivity contribution < 1.29 is 39.9 Å². The van der Waals surface area contributed by atoms with Crippen LogP contribution < -0.4 is 4.74 Å². The highest BCUT2D eigenvalue weighted by atomic mass is 16.5. The van der Waals surface area contributed by atoms with Crippen LogP contribution in [0.25, 0.3) is 6.08 Å². The normalized spacial score (nSPS) is 16.1. The van der Waals surface area contributed by atoms with Crippen molar-refractivity contribution in [2.45, 2.75) is 18.4 Å². The molecule has 5 rings (SSSR count). The van der Waals surface area contributed by atoms with Gasteiger partial charge in [0.2, 0.25) is 0 Å². The first-order valence-electron chi connectivity index (χ1n) is 12.1. The Kier molecular flexibility index (Phi) is 6.68. The topological polar surface area (TPSA) is 145 Å². The van der Waals surface area contributed by atoms with E-state index in [1.165, 1.54) is 48.5 Å². The Morgan fingerprint density at radius 3 is 2.03 bits per heavy atom. The van der Waals surface area contributed by atoms with Crippen molar-refractivity contribution in [3.63, 3.8) is 0 Å². The van der Waals surface area contributed by atoms with Crippen LogP contribution in [0, 0.1) is 0 Å². The molecule has 0 spiro atoms. The van der Waals surface area contributed by atoms with Gasteiger partial charge in [0.05, 0.1) is 22.6 Å². The number of ketones is 2. The van der Waals surface area contributed by atoms with Crippen LogP contribution in [-0.4, -0.2) is 37.1 Å². The molecule has 196 valence electrons. The zero-order chi connectivity index (χ0) is 27.7. The minimum atomic E-state index is -1.14. The summed E-state index contributed by atoms with van der Waals surface area (Å²) in [5, 5.41) is 50.5. The van der Waals surface area contributed by atoms with E-state index in [0.717, 1.165) is 11.6 Å². The van der Waals surface area contributed by atoms with E-state index in [4.69, 9.17) is 4.74 Å². The maximum absolute atomic E-state index is 13.8. The Bertz CT molecular complexity index is 1590. The lowest BCUT2D eigenvalue weighted by Gasteiger charge is -2.20. The van der Waals surface area contributed by atoms with Crippen LogP contribution in [0.3, 0.4) is 0 Å². The third-order valence-corrected chi connectivity index (χ3v) is 6.60. The Balaban J connectivity index is 1.52. The number of ether oxygens (including phenoxy) is 1. The number of benzene rings is 4. The van der Waals surface area contributed by atoms with Crippen molar-refractivity contribution in [3.05, 3.63) is 113 Å². The van der Waals surface area contributed by atoms with Gasteiger partial charge >= 0.3 is 0 Å². The van der Waals surface area contributed by atoms with Crippen molar-refractivity contribution in [2.24, 2.45) is 0 Å². The number of rotatable bonds is 7. The number of hydrogen-bond donors (Lipinski definition) is 5. The van der Waals surface area contributed by atoms with Crippen LogP contribution in [0.15, 0.2) is 84.9 Å². The van der Waals surface area contributed by atoms with E-state index >= 15 is 0 Å². The molecule has 5 N–H and O–H groups in total. The molecular weight excluding hydrogens is 500 g/mol. The largest absolute Gasteiger partial charge is 0.508 e. The predicted octanol–water partition coefficient (Wildman–Crippen LogP) is 5.60. The number of aromatic hydroxyl groups is 5. The number of hydrogen-bond acceptors (Lipinski definition) is 8. The summed E-state index contributed by atoms with van der Waals surface area (Å²) in [6.45, 7) is 0. The number of phenolic OH excluding ortho intramolecular Hbond substituents is 5. The van der Waals surface area contributed by atoms with Crippen LogP contribution >= 0.6 is 0 Å². The van der Waals surface area contributed by atoms with Gasteiger partial charge in [0, 0.05) is 12.5 Å². The van der Waals surface area contributed by atoms with E-state index in [2.05, 4.69) is 0 Å². The van der Waals surface area contributed by atoms with Gasteiger partial charge in [0.25, 0.3) is 0 Å². The molecule has 0 aromatic heterocycles. The molecule has 1 aliphatic heterocycles. The van der Waals surface area contributed by atoms with E-state index in [1.54, 1.807) is 36.4 Å². The van der Waals surface area contributed by atoms with E-state index in [-0.39, 0.29) is 46.1 Å². The second kappa shape index (κ2) is 10.3. The molecule has 8 nitrogen and oxygen atoms in total. The second-order valence-electron chi connectivity index (χ2n) is 9.17. The molecule has 2 atom stereocenters. The van der Waals surface area contributed by atoms with Crippen LogP contribution in [-0.2, 0) is 0 Å². The molecule has 0 fully saturated rings. The fourth-order valence-corrected chi connectivity index (χ4v) is 4.66. The number of allylic oxidation sites excluding steroid dienone is 1. The highest BCUT2D eigenvalue weighted by molar-refractivity contribution is 6.06. The SMILES string of the molecule is O=C(C/C=C/c1ccc(O)cc1)c1ccc2c(c1O)[C@H](C(=O)c1ccc(O)cc1O)[C@@H](c1ccc(O)cc1)O2. The molecule has 0 bridgehead atoms. The summed E-state index contributed by atoms with van der Waals surface area (Å²) in [5.41, 5.74) is 1.34. The molecular formula is C31H24O8. The van der Waals surface area contributed by atoms with Crippen molar-refractivity contribution >= 4 is 17.6 Å². The quantitative estimate of drug-likeness (QED) is 0.197. The highest BCUT2D eigenvalue weighted by Gasteiger charge is 2.44. The first kappa shape index (κ1) is 25.4. The zero-order valence-corrected chi connectivity index (χ0v) is 20.5. The maximum Gasteiger partial charge on any atom is 0.178 e. The van der Waals surface area contributed by atoms with Crippen LogP contribution in [0.4, 0.5) is 0 Å². The molecule has 4 aromatic rings. The summed E-state index contributed by atoms with van der Waals surface area (Å²) in [6, 6.07) is 19.0. The van der Waals surface area contributed by atoms with Gasteiger partial charge in [-0.2, -0.15) is 0 Å². The average molecular weight is 525 g/mol. The lowest BCUT2D eigenvalue weighted by Crippen LogP contribution is -2.19. The summed E-state index contributed by atoms with van der Waals surface area (Å²) < 4.78 is 6.08. The third-order valence-electron chi connectivity index (χ3n) is 6.60. The molecule has 8 heteroatoms. The summed E-state index contributed by atoms with van der Waals surface area (Å²) in [7, 11) is 0. The predicted molar refractivity (Wildman–Crippen MR) is 143 cm³/mol. The third kappa shape index (κ3) is 5.00. The molecule has 1 aliphatic rings. The number of fused-ring (bicyclic) bond motifs is 1. The maximum atomic E-state index is 13.8. The smallest absolute Gasteiger partial charge is 0.178 e. The van der Waals surface area contributed by atoms with E-state index < -0.39 is 35.1 Å². The summed E-state index contributed by atoms with van der Waals surface area (Å²) in [4.78, 5) is 26.8. The fraction of sp³-hybridized carbons (Fsp3) is 0.0968. The van der Waals surface area contributed by atoms with Gasteiger partial charge in [-0.3, -0.25) is 9.59 Å². The highest BCUT2D eigenvalue weighted by Crippen LogP contribution is 2.52. The molecule has 0 aliphatic carbocycles. The van der Waals surface area contributed by atoms with Gasteiger partial charge in [-0.1, -0.05) is 36.4 Å². The number of Topliss-reactive ketones (excluding diaryl/α,β-unsaturated/α-hetero) is 2. The number of carbonyl (C=O) groups excluding carboxylic acids is 2. The molecule has 1 heterocycles. The second-order valence-corrected chi connectivity index (χ2v) is 9.17. The fourth-order valence-electron chi connectivity index (χ4n) is 4.66. The van der Waals surface area contributed by atoms with Crippen molar-refractivity contribution in [2.75, 3.05) is 0 Å². The monoisotopic (exact) mass is 524 g/mol. The number of phenols is 5. The van der Waals surface area contributed by atoms with Gasteiger partial charge in [0.15, 0.2) is 11.6 Å². The Morgan fingerprint density at radius 2 is 1.36 bits per heavy atom. The van der Waals surface area contributed by atoms with E-state index in [1.807, 2.05) is 0 Å². The van der Waals surface area contributed by atoms with Crippen molar-refractivity contribution in [1.82, 2.24) is 0 Å². The molecule has 0 radical (unpaired) electrons. The molecule has 0 saturated heterocycles. The average Bonchev–Trinajstić information content (AvgIpc) is 3.30. The molecule has 39 heavy (non-hydrogen) atoms. The summed E-state index contributed by atoms with van der Waals surface area (Å²) in [6.07, 6.45) is 2.39. The van der Waals surface area contributed by atoms with Gasteiger partial charge in [-0.25, -0.2) is 0 Å². The van der Waals surface area contributed by atoms with Crippen LogP contribution in [0.1, 0.15) is 55.8 Å². The van der Waals surface area contributed by atoms with Gasteiger partial charge in [-0.05, 0) is 59.7 Å². The van der Waals surface area contributed by atoms with Gasteiger partial charge in [0.1, 0.15) is 40.6 Å². The summed E-state index contributed by atoms with van der Waals surface area (Å²) >= 11 is 0. The zero-order valence-electron chi connectivity index (χ0n) is 20.5. The standard InChI is InChI=1S/C31H24O8/c32-19-8-4-17(5-9-19)2-1-3-24(35)22-14-15-26-27(29(22)37)28(30(38)23-13-12-21(34)16-25(23)36)31(39-26)18-6-10-20(33)11-7-18/h1-2,4-16,28,31-34,36-37H,3H2/b2-1+/t28-,31-/m1/s1. The van der Waals surface area contributed by atoms with Crippen LogP contribution in [0.5, 0.6) is 34.5 Å². The van der Waals surface area contributed by atoms with Crippen molar-refractivity contribution in [3.8, 4) is 34.5 Å². The van der Waals surface area contributed by atoms with Gasteiger partial charge in [-0.15, -0.1) is 0 Å². The van der Waals surface area contributed by atoms with Gasteiger partial charge < -0.3 is 30.3 Å². The minimum Gasteiger partial charge on any atom is -0.508 e. The lowest BCUT2D eigenvalue weighted by atomic mass is 9.83. The molecule has 0 saturated carbocycles. The Morgan fingerprint density at radius 1 is 0.744 bits per heavy atom. The first-order valence-corrected chi connectivity index (χ1v) is 12.1. The van der Waals surface area contributed by atoms with Crippen LogP contribution in [0.2, 0.25) is 0 Å². The lowest BCUT2D eigenvalue weighted by molar-refractivity contribution is 0.0890. The van der Waals surface area contributed by atoms with E-state index in [9.17, 15) is 35.1 Å². The minimum absolute atomic E-state index is 0.00629. The van der Waals surface area contributed by atoms with Crippen molar-refractivity contribution in [1.29, 1.82) is 0 Å².